The monoisotopic (exact) mass is 254 g/mol. The summed E-state index contributed by atoms with van der Waals surface area (Å²) < 4.78 is 4.91. The molecule has 2 N–H and O–H groups in total. The van der Waals surface area contributed by atoms with Crippen molar-refractivity contribution in [3.8, 4) is 5.75 Å². The van der Waals surface area contributed by atoms with Crippen LogP contribution in [0.2, 0.25) is 0 Å². The van der Waals surface area contributed by atoms with Crippen LogP contribution in [0.3, 0.4) is 0 Å². The Balaban J connectivity index is 0.000000283. The number of hydrogen-bond donors (Lipinski definition) is 0. The maximum absolute atomic E-state index is 7.34. The van der Waals surface area contributed by atoms with Crippen molar-refractivity contribution in [2.24, 2.45) is 0 Å². The lowest BCUT2D eigenvalue weighted by molar-refractivity contribution is 0.0943. The zero-order valence-electron chi connectivity index (χ0n) is 12.1. The molecule has 0 aromatic heterocycles. The maximum Gasteiger partial charge on any atom is 0.156 e. The fourth-order valence-electron chi connectivity index (χ4n) is 1.57. The van der Waals surface area contributed by atoms with Gasteiger partial charge in [-0.05, 0) is 19.2 Å². The first kappa shape index (κ1) is 16.9. The molecule has 0 radical (unpaired) electrons. The highest BCUT2D eigenvalue weighted by molar-refractivity contribution is 5.20. The first-order chi connectivity index (χ1) is 8.72. The van der Waals surface area contributed by atoms with Gasteiger partial charge in [-0.25, -0.2) is 0 Å². The van der Waals surface area contributed by atoms with Gasteiger partial charge in [0.25, 0.3) is 0 Å². The second kappa shape index (κ2) is 11.1. The molecular weight excluding hydrogens is 226 g/mol. The summed E-state index contributed by atoms with van der Waals surface area (Å²) >= 11 is 0. The summed E-state index contributed by atoms with van der Waals surface area (Å²) in [5.41, 5.74) is 0. The van der Waals surface area contributed by atoms with Crippen molar-refractivity contribution in [2.45, 2.75) is 32.8 Å². The van der Waals surface area contributed by atoms with E-state index in [9.17, 15) is 0 Å². The zero-order chi connectivity index (χ0) is 13.8. The van der Waals surface area contributed by atoms with Gasteiger partial charge >= 0.3 is 0 Å². The molecule has 3 heteroatoms. The molecule has 0 unspecified atom stereocenters. The van der Waals surface area contributed by atoms with Crippen LogP contribution in [0.25, 0.3) is 0 Å². The van der Waals surface area contributed by atoms with E-state index in [-0.39, 0.29) is 6.10 Å². The number of para-hydroxylation sites is 1. The van der Waals surface area contributed by atoms with E-state index in [4.69, 9.17) is 9.84 Å². The van der Waals surface area contributed by atoms with Crippen LogP contribution in [0, 0.1) is 0 Å². The van der Waals surface area contributed by atoms with Gasteiger partial charge in [-0.2, -0.15) is 0 Å². The second-order valence-electron chi connectivity index (χ2n) is 4.09. The van der Waals surface area contributed by atoms with Crippen molar-refractivity contribution in [3.63, 3.8) is 0 Å². The Bertz CT molecular complexity index is 259. The topological polar surface area (TPSA) is 35.4 Å². The SMILES string of the molecule is CC.CN1CCC([OH2+])CC1.COc1ccccc1. The van der Waals surface area contributed by atoms with Crippen LogP contribution in [0.15, 0.2) is 30.3 Å². The van der Waals surface area contributed by atoms with Crippen LogP contribution in [-0.2, 0) is 0 Å². The Kier molecular flexibility index (Phi) is 10.4. The molecule has 1 aromatic rings. The largest absolute Gasteiger partial charge is 0.497 e. The fourth-order valence-corrected chi connectivity index (χ4v) is 1.57. The maximum atomic E-state index is 7.34. The Morgan fingerprint density at radius 3 is 1.94 bits per heavy atom. The standard InChI is InChI=1S/C7H8O.C6H13NO.C2H6/c1-8-7-5-3-2-4-6-7;1-7-4-2-6(8)3-5-7;1-2/h2-6H,1H3;6,8H,2-5H2,1H3;1-2H3/p+1. The number of methoxy groups -OCH3 is 1. The number of ether oxygens (including phenoxy) is 1. The third-order valence-electron chi connectivity index (χ3n) is 2.70. The number of piperidine rings is 1. The van der Waals surface area contributed by atoms with Crippen LogP contribution in [0.1, 0.15) is 26.7 Å². The normalized spacial score (nSPS) is 15.8. The van der Waals surface area contributed by atoms with Gasteiger partial charge in [-0.3, -0.25) is 0 Å². The van der Waals surface area contributed by atoms with E-state index in [1.165, 1.54) is 0 Å². The van der Waals surface area contributed by atoms with Crippen LogP contribution >= 0.6 is 0 Å². The molecule has 0 amide bonds. The van der Waals surface area contributed by atoms with Crippen LogP contribution in [0.4, 0.5) is 0 Å². The highest BCUT2D eigenvalue weighted by Crippen LogP contribution is 2.06. The fraction of sp³-hybridized carbons (Fsp3) is 0.600. The van der Waals surface area contributed by atoms with E-state index in [2.05, 4.69) is 11.9 Å². The number of nitrogens with zero attached hydrogens (tertiary/aromatic N) is 1. The van der Waals surface area contributed by atoms with Crippen molar-refractivity contribution < 1.29 is 9.84 Å². The summed E-state index contributed by atoms with van der Waals surface area (Å²) in [4.78, 5) is 2.28. The molecule has 0 aliphatic carbocycles. The Morgan fingerprint density at radius 2 is 1.61 bits per heavy atom. The van der Waals surface area contributed by atoms with Gasteiger partial charge in [-0.1, -0.05) is 32.0 Å². The average Bonchev–Trinajstić information content (AvgIpc) is 2.46. The molecule has 1 heterocycles. The average molecular weight is 254 g/mol. The molecule has 1 fully saturated rings. The summed E-state index contributed by atoms with van der Waals surface area (Å²) in [5.74, 6) is 0.910. The Labute approximate surface area is 111 Å². The lowest BCUT2D eigenvalue weighted by Crippen LogP contribution is -2.32. The number of rotatable bonds is 1. The molecular formula is C15H28NO2+. The molecule has 1 aromatic carbocycles. The van der Waals surface area contributed by atoms with Crippen molar-refractivity contribution in [2.75, 3.05) is 27.2 Å². The molecule has 0 bridgehead atoms. The predicted molar refractivity (Wildman–Crippen MR) is 78.5 cm³/mol. The molecule has 18 heavy (non-hydrogen) atoms. The minimum absolute atomic E-state index is 0.228. The highest BCUT2D eigenvalue weighted by atomic mass is 16.5. The van der Waals surface area contributed by atoms with E-state index in [1.807, 2.05) is 44.2 Å². The molecule has 3 nitrogen and oxygen atoms in total. The van der Waals surface area contributed by atoms with Crippen molar-refractivity contribution in [1.29, 1.82) is 0 Å². The predicted octanol–water partition coefficient (Wildman–Crippen LogP) is 2.53. The van der Waals surface area contributed by atoms with E-state index in [1.54, 1.807) is 7.11 Å². The van der Waals surface area contributed by atoms with Gasteiger partial charge in [0.05, 0.1) is 7.11 Å². The number of hydrogen-bond acceptors (Lipinski definition) is 2. The first-order valence-corrected chi connectivity index (χ1v) is 6.71. The molecule has 104 valence electrons. The van der Waals surface area contributed by atoms with E-state index in [0.29, 0.717) is 0 Å². The van der Waals surface area contributed by atoms with E-state index < -0.39 is 0 Å². The zero-order valence-corrected chi connectivity index (χ0v) is 12.1. The molecule has 0 spiro atoms. The molecule has 1 aliphatic heterocycles. The van der Waals surface area contributed by atoms with Gasteiger partial charge in [0.15, 0.2) is 6.10 Å². The second-order valence-corrected chi connectivity index (χ2v) is 4.09. The molecule has 1 aliphatic rings. The highest BCUT2D eigenvalue weighted by Gasteiger charge is 2.15. The van der Waals surface area contributed by atoms with Crippen LogP contribution in [0.5, 0.6) is 5.75 Å². The smallest absolute Gasteiger partial charge is 0.156 e. The van der Waals surface area contributed by atoms with E-state index >= 15 is 0 Å². The van der Waals surface area contributed by atoms with Gasteiger partial charge < -0.3 is 14.7 Å². The molecule has 0 saturated carbocycles. The van der Waals surface area contributed by atoms with E-state index in [0.717, 1.165) is 31.7 Å². The lowest BCUT2D eigenvalue weighted by Gasteiger charge is -2.22. The summed E-state index contributed by atoms with van der Waals surface area (Å²) in [6.45, 7) is 6.24. The van der Waals surface area contributed by atoms with Crippen LogP contribution < -0.4 is 4.74 Å². The lowest BCUT2D eigenvalue weighted by atomic mass is 10.1. The van der Waals surface area contributed by atoms with Crippen LogP contribution in [-0.4, -0.2) is 43.4 Å². The van der Waals surface area contributed by atoms with Crippen molar-refractivity contribution >= 4 is 0 Å². The van der Waals surface area contributed by atoms with Gasteiger partial charge in [-0.15, -0.1) is 0 Å². The van der Waals surface area contributed by atoms with Gasteiger partial charge in [0.2, 0.25) is 0 Å². The summed E-state index contributed by atoms with van der Waals surface area (Å²) in [7, 11) is 3.78. The minimum atomic E-state index is 0.228. The first-order valence-electron chi connectivity index (χ1n) is 6.71. The molecule has 0 atom stereocenters. The Hall–Kier alpha value is -1.06. The number of benzene rings is 1. The molecule has 1 saturated heterocycles. The van der Waals surface area contributed by atoms with Crippen molar-refractivity contribution in [3.05, 3.63) is 30.3 Å². The quantitative estimate of drug-likeness (QED) is 0.722. The summed E-state index contributed by atoms with van der Waals surface area (Å²) in [6, 6.07) is 9.68. The summed E-state index contributed by atoms with van der Waals surface area (Å²) in [5, 5.41) is 7.34. The molecule has 2 rings (SSSR count). The van der Waals surface area contributed by atoms with Gasteiger partial charge in [0, 0.05) is 25.9 Å². The summed E-state index contributed by atoms with van der Waals surface area (Å²) in [6.07, 6.45) is 2.36. The van der Waals surface area contributed by atoms with Gasteiger partial charge in [0.1, 0.15) is 5.75 Å². The third-order valence-corrected chi connectivity index (χ3v) is 2.70. The minimum Gasteiger partial charge on any atom is -0.497 e. The van der Waals surface area contributed by atoms with Crippen molar-refractivity contribution in [1.82, 2.24) is 4.90 Å². The number of likely N-dealkylation sites (tertiary alicyclic amines) is 1. The Morgan fingerprint density at radius 1 is 1.11 bits per heavy atom. The third kappa shape index (κ3) is 8.09.